The minimum atomic E-state index is -1.78. The van der Waals surface area contributed by atoms with Gasteiger partial charge >= 0.3 is 11.7 Å². The second kappa shape index (κ2) is 9.51. The molecule has 4 aromatic rings. The lowest BCUT2D eigenvalue weighted by Crippen LogP contribution is -2.52. The highest BCUT2D eigenvalue weighted by molar-refractivity contribution is 7.22. The molecule has 0 bridgehead atoms. The average Bonchev–Trinajstić information content (AvgIpc) is 3.44. The molecule has 0 spiro atoms. The van der Waals surface area contributed by atoms with Gasteiger partial charge in [-0.1, -0.05) is 24.3 Å². The molecule has 1 aromatic carbocycles. The molecule has 0 amide bonds. The maximum atomic E-state index is 13.9. The smallest absolute Gasteiger partial charge is 0.333 e. The predicted molar refractivity (Wildman–Crippen MR) is 138 cm³/mol. The highest BCUT2D eigenvalue weighted by Crippen LogP contribution is 2.36. The predicted octanol–water partition coefficient (Wildman–Crippen LogP) is 4.48. The fraction of sp³-hybridized carbons (Fsp3) is 0.385. The molecule has 0 unspecified atom stereocenters. The Balaban J connectivity index is 2.06. The summed E-state index contributed by atoms with van der Waals surface area (Å²) in [5.74, 6) is -0.965. The Bertz CT molecular complexity index is 1540. The van der Waals surface area contributed by atoms with Gasteiger partial charge in [0.15, 0.2) is 0 Å². The Labute approximate surface area is 211 Å². The summed E-state index contributed by atoms with van der Waals surface area (Å²) in [5, 5.41) is 10.2. The average molecular weight is 512 g/mol. The van der Waals surface area contributed by atoms with E-state index < -0.39 is 28.9 Å². The maximum Gasteiger partial charge on any atom is 0.333 e. The van der Waals surface area contributed by atoms with Crippen LogP contribution in [0.4, 0.5) is 0 Å². The van der Waals surface area contributed by atoms with Crippen LogP contribution in [0.2, 0.25) is 0 Å². The lowest BCUT2D eigenvalue weighted by atomic mass is 10.0. The van der Waals surface area contributed by atoms with Gasteiger partial charge in [-0.25, -0.2) is 19.1 Å². The molecule has 4 rings (SSSR count). The fourth-order valence-electron chi connectivity index (χ4n) is 4.29. The number of carboxylic acids is 1. The van der Waals surface area contributed by atoms with E-state index >= 15 is 0 Å². The molecular formula is C26H29N3O6S. The van der Waals surface area contributed by atoms with Crippen molar-refractivity contribution >= 4 is 27.5 Å². The molecule has 10 heteroatoms. The first kappa shape index (κ1) is 25.6. The van der Waals surface area contributed by atoms with Gasteiger partial charge < -0.3 is 14.3 Å². The molecule has 3 aromatic heterocycles. The van der Waals surface area contributed by atoms with Crippen molar-refractivity contribution in [3.63, 3.8) is 0 Å². The zero-order chi connectivity index (χ0) is 26.4. The van der Waals surface area contributed by atoms with Crippen molar-refractivity contribution in [2.45, 2.75) is 65.8 Å². The number of hydrogen-bond acceptors (Lipinski definition) is 7. The number of hydrogen-bond donors (Lipinski definition) is 1. The zero-order valence-corrected chi connectivity index (χ0v) is 21.9. The van der Waals surface area contributed by atoms with E-state index in [4.69, 9.17) is 9.15 Å². The quantitative estimate of drug-likeness (QED) is 0.371. The second-order valence-electron chi connectivity index (χ2n) is 9.50. The van der Waals surface area contributed by atoms with Crippen molar-refractivity contribution in [2.75, 3.05) is 0 Å². The van der Waals surface area contributed by atoms with Gasteiger partial charge in [0.25, 0.3) is 5.56 Å². The number of oxazole rings is 1. The first-order valence-corrected chi connectivity index (χ1v) is 12.4. The first-order chi connectivity index (χ1) is 16.9. The lowest BCUT2D eigenvalue weighted by molar-refractivity contribution is -0.146. The van der Waals surface area contributed by atoms with Crippen LogP contribution in [0.15, 0.2) is 50.7 Å². The molecule has 0 fully saturated rings. The van der Waals surface area contributed by atoms with E-state index in [0.29, 0.717) is 21.2 Å². The number of aromatic nitrogens is 3. The number of carboxylic acid groups (broad SMARTS) is 1. The number of thiophene rings is 1. The number of fused-ring (bicyclic) bond motifs is 1. The first-order valence-electron chi connectivity index (χ1n) is 11.6. The van der Waals surface area contributed by atoms with E-state index in [1.54, 1.807) is 6.92 Å². The van der Waals surface area contributed by atoms with Crippen LogP contribution < -0.4 is 11.2 Å². The Kier molecular flexibility index (Phi) is 6.76. The Morgan fingerprint density at radius 3 is 2.50 bits per heavy atom. The largest absolute Gasteiger partial charge is 0.480 e. The van der Waals surface area contributed by atoms with Crippen LogP contribution in [0, 0.1) is 13.8 Å². The molecule has 36 heavy (non-hydrogen) atoms. The summed E-state index contributed by atoms with van der Waals surface area (Å²) in [6.07, 6.45) is 2.28. The number of rotatable bonds is 8. The SMILES string of the molecule is Cc1ccccc1[C@H](Cn1c(=O)n(C(C)(C)C(=O)O)c(=O)c2c(C)c(-c3ncco3)sc21)OC(C)C. The monoisotopic (exact) mass is 511 g/mol. The third-order valence-electron chi connectivity index (χ3n) is 6.24. The van der Waals surface area contributed by atoms with E-state index in [-0.39, 0.29) is 18.0 Å². The van der Waals surface area contributed by atoms with Crippen LogP contribution in [0.3, 0.4) is 0 Å². The van der Waals surface area contributed by atoms with Crippen molar-refractivity contribution in [1.29, 1.82) is 0 Å². The lowest BCUT2D eigenvalue weighted by Gasteiger charge is -2.26. The van der Waals surface area contributed by atoms with E-state index in [1.807, 2.05) is 45.0 Å². The Morgan fingerprint density at radius 2 is 1.92 bits per heavy atom. The summed E-state index contributed by atoms with van der Waals surface area (Å²) in [7, 11) is 0. The minimum Gasteiger partial charge on any atom is -0.480 e. The van der Waals surface area contributed by atoms with E-state index in [9.17, 15) is 19.5 Å². The molecule has 0 aliphatic heterocycles. The molecule has 0 saturated heterocycles. The summed E-state index contributed by atoms with van der Waals surface area (Å²) < 4.78 is 14.0. The topological polar surface area (TPSA) is 117 Å². The number of aliphatic carboxylic acids is 1. The van der Waals surface area contributed by atoms with Gasteiger partial charge in [0, 0.05) is 0 Å². The molecule has 0 saturated carbocycles. The minimum absolute atomic E-state index is 0.0827. The molecule has 0 aliphatic rings. The van der Waals surface area contributed by atoms with Crippen LogP contribution in [0.1, 0.15) is 50.5 Å². The second-order valence-corrected chi connectivity index (χ2v) is 10.5. The van der Waals surface area contributed by atoms with E-state index in [0.717, 1.165) is 15.7 Å². The van der Waals surface area contributed by atoms with Gasteiger partial charge in [-0.2, -0.15) is 0 Å². The number of benzene rings is 1. The highest BCUT2D eigenvalue weighted by atomic mass is 32.1. The maximum absolute atomic E-state index is 13.9. The third-order valence-corrected chi connectivity index (χ3v) is 7.54. The van der Waals surface area contributed by atoms with Gasteiger partial charge in [-0.3, -0.25) is 9.36 Å². The third kappa shape index (κ3) is 4.31. The number of nitrogens with zero attached hydrogens (tertiary/aromatic N) is 3. The standard InChI is InChI=1S/C26H29N3O6S/c1-14(2)35-18(17-10-8-7-9-15(17)3)13-28-23-19(16(4)20(36-23)21-27-11-12-34-21)22(30)29(25(28)33)26(5,6)24(31)32/h7-12,14,18H,13H2,1-6H3,(H,31,32)/t18-/m0/s1. The molecule has 190 valence electrons. The normalized spacial score (nSPS) is 13.0. The van der Waals surface area contributed by atoms with Crippen molar-refractivity contribution in [1.82, 2.24) is 14.1 Å². The van der Waals surface area contributed by atoms with Crippen LogP contribution >= 0.6 is 11.3 Å². The van der Waals surface area contributed by atoms with Crippen molar-refractivity contribution < 1.29 is 19.1 Å². The molecule has 1 N–H and O–H groups in total. The summed E-state index contributed by atoms with van der Waals surface area (Å²) in [5.41, 5.74) is -0.687. The van der Waals surface area contributed by atoms with Crippen molar-refractivity contribution in [3.05, 3.63) is 74.3 Å². The van der Waals surface area contributed by atoms with Crippen LogP contribution in [-0.2, 0) is 21.6 Å². The van der Waals surface area contributed by atoms with Crippen LogP contribution in [0.25, 0.3) is 21.0 Å². The summed E-state index contributed by atoms with van der Waals surface area (Å²) in [4.78, 5) is 44.9. The van der Waals surface area contributed by atoms with Gasteiger partial charge in [0.05, 0.1) is 29.1 Å². The number of aryl methyl sites for hydroxylation is 2. The van der Waals surface area contributed by atoms with Crippen LogP contribution in [-0.4, -0.2) is 31.3 Å². The van der Waals surface area contributed by atoms with Gasteiger partial charge in [0.1, 0.15) is 22.7 Å². The Hall–Kier alpha value is -3.50. The summed E-state index contributed by atoms with van der Waals surface area (Å²) >= 11 is 1.21. The highest BCUT2D eigenvalue weighted by Gasteiger charge is 2.36. The molecule has 0 radical (unpaired) electrons. The molecule has 1 atom stereocenters. The summed E-state index contributed by atoms with van der Waals surface area (Å²) in [6, 6.07) is 7.74. The molecule has 9 nitrogen and oxygen atoms in total. The Morgan fingerprint density at radius 1 is 1.22 bits per heavy atom. The van der Waals surface area contributed by atoms with E-state index in [2.05, 4.69) is 4.98 Å². The number of ether oxygens (including phenoxy) is 1. The van der Waals surface area contributed by atoms with E-state index in [1.165, 1.54) is 42.2 Å². The van der Waals surface area contributed by atoms with Gasteiger partial charge in [0.2, 0.25) is 5.89 Å². The van der Waals surface area contributed by atoms with Gasteiger partial charge in [-0.15, -0.1) is 11.3 Å². The van der Waals surface area contributed by atoms with Crippen molar-refractivity contribution in [2.24, 2.45) is 0 Å². The fourth-order valence-corrected chi connectivity index (χ4v) is 5.53. The van der Waals surface area contributed by atoms with Crippen LogP contribution in [0.5, 0.6) is 0 Å². The molecular weight excluding hydrogens is 482 g/mol. The molecule has 3 heterocycles. The van der Waals surface area contributed by atoms with Gasteiger partial charge in [-0.05, 0) is 58.2 Å². The zero-order valence-electron chi connectivity index (χ0n) is 21.1. The molecule has 0 aliphatic carbocycles. The van der Waals surface area contributed by atoms with Crippen molar-refractivity contribution in [3.8, 4) is 10.8 Å². The summed E-state index contributed by atoms with van der Waals surface area (Å²) in [6.45, 7) is 10.3. The number of carbonyl (C=O) groups is 1.